The lowest BCUT2D eigenvalue weighted by Gasteiger charge is -2.32. The van der Waals surface area contributed by atoms with Gasteiger partial charge >= 0.3 is 0 Å². The van der Waals surface area contributed by atoms with Crippen molar-refractivity contribution in [2.24, 2.45) is 5.41 Å². The van der Waals surface area contributed by atoms with Crippen molar-refractivity contribution >= 4 is 17.5 Å². The summed E-state index contributed by atoms with van der Waals surface area (Å²) in [5.41, 5.74) is 1.16. The number of anilines is 1. The molecule has 1 saturated heterocycles. The molecule has 114 valence electrons. The molecule has 2 rings (SSSR count). The van der Waals surface area contributed by atoms with E-state index in [1.807, 2.05) is 31.2 Å². The van der Waals surface area contributed by atoms with Gasteiger partial charge < -0.3 is 16.0 Å². The Hall–Kier alpha value is -1.88. The standard InChI is InChI=1S/C16H23N3O2/c1-16(8-5-9-18-11-16)15(21)19-13-7-4-3-6-12(13)10-14(20)17-2/h3-4,6-7,18H,5,8-11H2,1-2H3,(H,17,20)(H,19,21). The highest BCUT2D eigenvalue weighted by Crippen LogP contribution is 2.28. The molecule has 5 heteroatoms. The number of rotatable bonds is 4. The molecule has 1 aromatic carbocycles. The largest absolute Gasteiger partial charge is 0.359 e. The van der Waals surface area contributed by atoms with Crippen molar-refractivity contribution in [3.05, 3.63) is 29.8 Å². The van der Waals surface area contributed by atoms with Gasteiger partial charge in [0.2, 0.25) is 11.8 Å². The van der Waals surface area contributed by atoms with E-state index in [-0.39, 0.29) is 18.2 Å². The van der Waals surface area contributed by atoms with Gasteiger partial charge in [-0.1, -0.05) is 18.2 Å². The van der Waals surface area contributed by atoms with Gasteiger partial charge in [0, 0.05) is 19.3 Å². The zero-order valence-electron chi connectivity index (χ0n) is 12.7. The minimum absolute atomic E-state index is 0.0130. The van der Waals surface area contributed by atoms with Crippen LogP contribution in [0.3, 0.4) is 0 Å². The van der Waals surface area contributed by atoms with E-state index >= 15 is 0 Å². The maximum Gasteiger partial charge on any atom is 0.231 e. The molecular formula is C16H23N3O2. The average molecular weight is 289 g/mol. The first-order valence-electron chi connectivity index (χ1n) is 7.36. The summed E-state index contributed by atoms with van der Waals surface area (Å²) < 4.78 is 0. The molecule has 1 atom stereocenters. The second-order valence-electron chi connectivity index (χ2n) is 5.80. The van der Waals surface area contributed by atoms with Gasteiger partial charge in [0.05, 0.1) is 11.8 Å². The zero-order valence-corrected chi connectivity index (χ0v) is 12.7. The van der Waals surface area contributed by atoms with Crippen LogP contribution in [0.25, 0.3) is 0 Å². The summed E-state index contributed by atoms with van der Waals surface area (Å²) in [5.74, 6) is -0.0544. The summed E-state index contributed by atoms with van der Waals surface area (Å²) >= 11 is 0. The maximum absolute atomic E-state index is 12.5. The molecule has 0 aliphatic carbocycles. The van der Waals surface area contributed by atoms with E-state index < -0.39 is 5.41 Å². The number of benzene rings is 1. The summed E-state index contributed by atoms with van der Waals surface area (Å²) in [4.78, 5) is 24.1. The molecule has 0 spiro atoms. The van der Waals surface area contributed by atoms with E-state index in [1.165, 1.54) is 0 Å². The number of carbonyl (C=O) groups excluding carboxylic acids is 2. The Balaban J connectivity index is 2.11. The fourth-order valence-corrected chi connectivity index (χ4v) is 2.58. The third-order valence-electron chi connectivity index (χ3n) is 4.04. The molecule has 21 heavy (non-hydrogen) atoms. The SMILES string of the molecule is CNC(=O)Cc1ccccc1NC(=O)C1(C)CCCNC1. The van der Waals surface area contributed by atoms with Crippen LogP contribution in [0.4, 0.5) is 5.69 Å². The Labute approximate surface area is 125 Å². The molecule has 2 amide bonds. The number of nitrogens with one attached hydrogen (secondary N) is 3. The Morgan fingerprint density at radius 3 is 2.76 bits per heavy atom. The predicted octanol–water partition coefficient (Wildman–Crippen LogP) is 1.30. The van der Waals surface area contributed by atoms with E-state index in [4.69, 9.17) is 0 Å². The van der Waals surface area contributed by atoms with Gasteiger partial charge in [0.1, 0.15) is 0 Å². The summed E-state index contributed by atoms with van der Waals surface area (Å²) in [7, 11) is 1.61. The van der Waals surface area contributed by atoms with Crippen molar-refractivity contribution in [2.45, 2.75) is 26.2 Å². The van der Waals surface area contributed by atoms with Gasteiger partial charge in [-0.3, -0.25) is 9.59 Å². The summed E-state index contributed by atoms with van der Waals surface area (Å²) in [5, 5.41) is 8.87. The third kappa shape index (κ3) is 3.82. The van der Waals surface area contributed by atoms with E-state index in [0.717, 1.165) is 30.6 Å². The highest BCUT2D eigenvalue weighted by Gasteiger charge is 2.34. The Morgan fingerprint density at radius 1 is 1.33 bits per heavy atom. The molecule has 0 aromatic heterocycles. The van der Waals surface area contributed by atoms with Crippen molar-refractivity contribution in [1.82, 2.24) is 10.6 Å². The molecule has 3 N–H and O–H groups in total. The van der Waals surface area contributed by atoms with Crippen LogP contribution < -0.4 is 16.0 Å². The molecule has 5 nitrogen and oxygen atoms in total. The van der Waals surface area contributed by atoms with Crippen molar-refractivity contribution < 1.29 is 9.59 Å². The number of likely N-dealkylation sites (N-methyl/N-ethyl adjacent to an activating group) is 1. The van der Waals surface area contributed by atoms with Crippen molar-refractivity contribution in [1.29, 1.82) is 0 Å². The maximum atomic E-state index is 12.5. The molecular weight excluding hydrogens is 266 g/mol. The van der Waals surface area contributed by atoms with E-state index in [9.17, 15) is 9.59 Å². The number of amides is 2. The quantitative estimate of drug-likeness (QED) is 0.782. The highest BCUT2D eigenvalue weighted by molar-refractivity contribution is 5.96. The zero-order chi connectivity index (χ0) is 15.3. The van der Waals surface area contributed by atoms with Gasteiger partial charge in [-0.2, -0.15) is 0 Å². The van der Waals surface area contributed by atoms with E-state index in [1.54, 1.807) is 7.05 Å². The van der Waals surface area contributed by atoms with Crippen LogP contribution in [0.5, 0.6) is 0 Å². The number of para-hydroxylation sites is 1. The second-order valence-corrected chi connectivity index (χ2v) is 5.80. The van der Waals surface area contributed by atoms with Crippen LogP contribution in [0, 0.1) is 5.41 Å². The van der Waals surface area contributed by atoms with Crippen LogP contribution in [-0.4, -0.2) is 32.0 Å². The minimum Gasteiger partial charge on any atom is -0.359 e. The summed E-state index contributed by atoms with van der Waals surface area (Å²) in [6, 6.07) is 7.45. The molecule has 1 heterocycles. The van der Waals surface area contributed by atoms with Crippen LogP contribution in [0.1, 0.15) is 25.3 Å². The third-order valence-corrected chi connectivity index (χ3v) is 4.04. The Morgan fingerprint density at radius 2 is 2.10 bits per heavy atom. The Bertz CT molecular complexity index is 522. The fraction of sp³-hybridized carbons (Fsp3) is 0.500. The summed E-state index contributed by atoms with van der Waals surface area (Å²) in [6.45, 7) is 3.64. The van der Waals surface area contributed by atoms with Gasteiger partial charge in [0.15, 0.2) is 0 Å². The number of carbonyl (C=O) groups is 2. The normalized spacial score (nSPS) is 21.6. The molecule has 1 fully saturated rings. The topological polar surface area (TPSA) is 70.2 Å². The molecule has 0 radical (unpaired) electrons. The number of piperidine rings is 1. The summed E-state index contributed by atoms with van der Waals surface area (Å²) in [6.07, 6.45) is 2.15. The van der Waals surface area contributed by atoms with Crippen LogP contribution >= 0.6 is 0 Å². The molecule has 1 unspecified atom stereocenters. The van der Waals surface area contributed by atoms with Crippen molar-refractivity contribution in [3.8, 4) is 0 Å². The second kappa shape index (κ2) is 6.72. The van der Waals surface area contributed by atoms with Crippen molar-refractivity contribution in [3.63, 3.8) is 0 Å². The van der Waals surface area contributed by atoms with Gasteiger partial charge in [-0.15, -0.1) is 0 Å². The van der Waals surface area contributed by atoms with Gasteiger partial charge in [-0.05, 0) is 37.9 Å². The van der Waals surface area contributed by atoms with E-state index in [2.05, 4.69) is 16.0 Å². The predicted molar refractivity (Wildman–Crippen MR) is 83.1 cm³/mol. The van der Waals surface area contributed by atoms with Crippen LogP contribution in [0.15, 0.2) is 24.3 Å². The minimum atomic E-state index is -0.390. The molecule has 1 aliphatic heterocycles. The lowest BCUT2D eigenvalue weighted by molar-refractivity contribution is -0.125. The van der Waals surface area contributed by atoms with Crippen molar-refractivity contribution in [2.75, 3.05) is 25.5 Å². The first kappa shape index (κ1) is 15.5. The fourth-order valence-electron chi connectivity index (χ4n) is 2.58. The molecule has 0 saturated carbocycles. The highest BCUT2D eigenvalue weighted by atomic mass is 16.2. The first-order valence-corrected chi connectivity index (χ1v) is 7.36. The number of hydrogen-bond acceptors (Lipinski definition) is 3. The molecule has 0 bridgehead atoms. The number of hydrogen-bond donors (Lipinski definition) is 3. The monoisotopic (exact) mass is 289 g/mol. The van der Waals surface area contributed by atoms with Crippen LogP contribution in [0.2, 0.25) is 0 Å². The lowest BCUT2D eigenvalue weighted by Crippen LogP contribution is -2.46. The van der Waals surface area contributed by atoms with Gasteiger partial charge in [0.25, 0.3) is 0 Å². The Kier molecular flexibility index (Phi) is 4.96. The first-order chi connectivity index (χ1) is 10.0. The molecule has 1 aliphatic rings. The van der Waals surface area contributed by atoms with Crippen LogP contribution in [-0.2, 0) is 16.0 Å². The molecule has 1 aromatic rings. The lowest BCUT2D eigenvalue weighted by atomic mass is 9.82. The van der Waals surface area contributed by atoms with Gasteiger partial charge in [-0.25, -0.2) is 0 Å². The van der Waals surface area contributed by atoms with E-state index in [0.29, 0.717) is 6.54 Å². The average Bonchev–Trinajstić information content (AvgIpc) is 2.49. The smallest absolute Gasteiger partial charge is 0.231 e.